The van der Waals surface area contributed by atoms with Gasteiger partial charge < -0.3 is 10.6 Å². The van der Waals surface area contributed by atoms with Crippen LogP contribution in [-0.4, -0.2) is 39.3 Å². The molecule has 6 nitrogen and oxygen atoms in total. The van der Waals surface area contributed by atoms with E-state index in [4.69, 9.17) is 11.6 Å². The Morgan fingerprint density at radius 1 is 1.39 bits per heavy atom. The molecule has 1 fully saturated rings. The van der Waals surface area contributed by atoms with Gasteiger partial charge in [-0.2, -0.15) is 18.3 Å². The summed E-state index contributed by atoms with van der Waals surface area (Å²) in [4.78, 5) is 16.3. The summed E-state index contributed by atoms with van der Waals surface area (Å²) in [6.45, 7) is 2.65. The first-order chi connectivity index (χ1) is 12.3. The van der Waals surface area contributed by atoms with Gasteiger partial charge >= 0.3 is 6.18 Å². The van der Waals surface area contributed by atoms with Gasteiger partial charge in [0.05, 0.1) is 16.8 Å². The Labute approximate surface area is 177 Å². The fourth-order valence-electron chi connectivity index (χ4n) is 3.01. The Morgan fingerprint density at radius 2 is 2.11 bits per heavy atom. The van der Waals surface area contributed by atoms with Crippen molar-refractivity contribution in [2.75, 3.05) is 6.54 Å². The Morgan fingerprint density at radius 3 is 2.71 bits per heavy atom. The molecular formula is C16H19Cl3F3N5O. The number of piperidine rings is 1. The molecule has 3 rings (SSSR count). The molecule has 0 saturated carbocycles. The summed E-state index contributed by atoms with van der Waals surface area (Å²) in [6.07, 6.45) is -1.30. The van der Waals surface area contributed by atoms with Crippen LogP contribution in [0, 0.1) is 0 Å². The van der Waals surface area contributed by atoms with E-state index in [0.717, 1.165) is 6.20 Å². The van der Waals surface area contributed by atoms with Crippen LogP contribution in [0.2, 0.25) is 5.02 Å². The largest absolute Gasteiger partial charge is 0.434 e. The minimum absolute atomic E-state index is 0. The molecule has 28 heavy (non-hydrogen) atoms. The van der Waals surface area contributed by atoms with E-state index in [9.17, 15) is 18.0 Å². The lowest BCUT2D eigenvalue weighted by atomic mass is 10.0. The van der Waals surface area contributed by atoms with Gasteiger partial charge in [-0.05, 0) is 38.4 Å². The van der Waals surface area contributed by atoms with Crippen LogP contribution in [0.25, 0.3) is 5.82 Å². The number of alkyl halides is 3. The van der Waals surface area contributed by atoms with Crippen molar-refractivity contribution in [3.8, 4) is 5.82 Å². The summed E-state index contributed by atoms with van der Waals surface area (Å²) in [6, 6.07) is 2.89. The molecule has 1 saturated heterocycles. The highest BCUT2D eigenvalue weighted by Crippen LogP contribution is 2.34. The molecule has 1 aliphatic heterocycles. The third-order valence-corrected chi connectivity index (χ3v) is 4.48. The Balaban J connectivity index is 0.00000196. The van der Waals surface area contributed by atoms with Crippen LogP contribution < -0.4 is 10.6 Å². The van der Waals surface area contributed by atoms with Crippen LogP contribution in [-0.2, 0) is 6.18 Å². The van der Waals surface area contributed by atoms with Crippen molar-refractivity contribution in [2.45, 2.75) is 38.0 Å². The molecule has 2 atom stereocenters. The number of carbonyl (C=O) groups excluding carboxylic acids is 1. The van der Waals surface area contributed by atoms with Gasteiger partial charge in [0.15, 0.2) is 11.5 Å². The molecular weight excluding hydrogens is 442 g/mol. The topological polar surface area (TPSA) is 71.8 Å². The van der Waals surface area contributed by atoms with Crippen molar-refractivity contribution >= 4 is 42.3 Å². The van der Waals surface area contributed by atoms with E-state index in [1.165, 1.54) is 18.3 Å². The predicted octanol–water partition coefficient (Wildman–Crippen LogP) is 3.65. The normalized spacial score (nSPS) is 19.3. The van der Waals surface area contributed by atoms with Crippen molar-refractivity contribution in [3.63, 3.8) is 0 Å². The average molecular weight is 461 g/mol. The highest BCUT2D eigenvalue weighted by Gasteiger charge is 2.41. The molecule has 2 N–H and O–H groups in total. The molecule has 1 amide bonds. The van der Waals surface area contributed by atoms with Gasteiger partial charge in [0.1, 0.15) is 0 Å². The molecule has 0 aromatic carbocycles. The lowest BCUT2D eigenvalue weighted by molar-refractivity contribution is -0.143. The zero-order valence-electron chi connectivity index (χ0n) is 14.7. The van der Waals surface area contributed by atoms with E-state index in [-0.39, 0.29) is 47.7 Å². The van der Waals surface area contributed by atoms with Crippen LogP contribution >= 0.6 is 36.4 Å². The van der Waals surface area contributed by atoms with E-state index in [1.54, 1.807) is 0 Å². The molecule has 3 heterocycles. The fourth-order valence-corrected chi connectivity index (χ4v) is 3.21. The van der Waals surface area contributed by atoms with E-state index < -0.39 is 23.3 Å². The lowest BCUT2D eigenvalue weighted by Crippen LogP contribution is -2.46. The Bertz CT molecular complexity index is 815. The summed E-state index contributed by atoms with van der Waals surface area (Å²) in [5.41, 5.74) is -1.75. The maximum atomic E-state index is 13.6. The predicted molar refractivity (Wildman–Crippen MR) is 104 cm³/mol. The van der Waals surface area contributed by atoms with Crippen LogP contribution in [0.5, 0.6) is 0 Å². The zero-order chi connectivity index (χ0) is 18.9. The lowest BCUT2D eigenvalue weighted by Gasteiger charge is -2.28. The van der Waals surface area contributed by atoms with Crippen molar-refractivity contribution in [1.82, 2.24) is 25.4 Å². The third-order valence-electron chi connectivity index (χ3n) is 4.18. The molecule has 0 spiro atoms. The highest BCUT2D eigenvalue weighted by molar-refractivity contribution is 6.32. The molecule has 0 bridgehead atoms. The van der Waals surface area contributed by atoms with Gasteiger partial charge in [-0.15, -0.1) is 24.8 Å². The van der Waals surface area contributed by atoms with E-state index in [1.807, 2.05) is 6.92 Å². The first-order valence-corrected chi connectivity index (χ1v) is 8.45. The van der Waals surface area contributed by atoms with E-state index in [2.05, 4.69) is 20.7 Å². The first-order valence-electron chi connectivity index (χ1n) is 8.07. The number of aromatic nitrogens is 3. The molecule has 0 aliphatic carbocycles. The molecule has 2 unspecified atom stereocenters. The zero-order valence-corrected chi connectivity index (χ0v) is 17.1. The maximum absolute atomic E-state index is 13.6. The van der Waals surface area contributed by atoms with Gasteiger partial charge in [-0.3, -0.25) is 4.79 Å². The monoisotopic (exact) mass is 459 g/mol. The van der Waals surface area contributed by atoms with Crippen molar-refractivity contribution in [2.24, 2.45) is 0 Å². The van der Waals surface area contributed by atoms with Crippen LogP contribution in [0.4, 0.5) is 13.2 Å². The maximum Gasteiger partial charge on any atom is 0.434 e. The second-order valence-electron chi connectivity index (χ2n) is 6.18. The highest BCUT2D eigenvalue weighted by atomic mass is 35.5. The second-order valence-corrected chi connectivity index (χ2v) is 6.58. The molecule has 12 heteroatoms. The van der Waals surface area contributed by atoms with Crippen molar-refractivity contribution < 1.29 is 18.0 Å². The Kier molecular flexibility index (Phi) is 8.55. The quantitative estimate of drug-likeness (QED) is 0.733. The number of rotatable bonds is 3. The van der Waals surface area contributed by atoms with Gasteiger partial charge in [-0.1, -0.05) is 11.6 Å². The number of nitrogens with zero attached hydrogens (tertiary/aromatic N) is 3. The number of amides is 1. The summed E-state index contributed by atoms with van der Waals surface area (Å²) < 4.78 is 41.5. The number of pyridine rings is 1. The van der Waals surface area contributed by atoms with E-state index >= 15 is 0 Å². The summed E-state index contributed by atoms with van der Waals surface area (Å²) >= 11 is 5.94. The fraction of sp³-hybridized carbons (Fsp3) is 0.438. The third kappa shape index (κ3) is 5.28. The van der Waals surface area contributed by atoms with Gasteiger partial charge in [0.2, 0.25) is 0 Å². The summed E-state index contributed by atoms with van der Waals surface area (Å²) in [5.74, 6) is -0.995. The minimum atomic E-state index is -4.80. The SMILES string of the molecule is CC1CC(NC(=O)c2cnn(-c3ncccc3Cl)c2C(F)(F)F)CCN1.Cl.Cl. The summed E-state index contributed by atoms with van der Waals surface area (Å²) in [5, 5.41) is 9.61. The average Bonchev–Trinajstić information content (AvgIpc) is 3.00. The number of hydrogen-bond acceptors (Lipinski definition) is 4. The van der Waals surface area contributed by atoms with Crippen molar-refractivity contribution in [1.29, 1.82) is 0 Å². The number of nitrogens with one attached hydrogen (secondary N) is 2. The number of halogens is 6. The first kappa shape index (κ1) is 24.5. The van der Waals surface area contributed by atoms with Gasteiger partial charge in [-0.25, -0.2) is 9.67 Å². The van der Waals surface area contributed by atoms with Crippen LogP contribution in [0.3, 0.4) is 0 Å². The minimum Gasteiger partial charge on any atom is -0.349 e. The Hall–Kier alpha value is -1.55. The van der Waals surface area contributed by atoms with Crippen molar-refractivity contribution in [3.05, 3.63) is 40.8 Å². The number of hydrogen-bond donors (Lipinski definition) is 2. The molecule has 2 aromatic rings. The number of carbonyl (C=O) groups is 1. The van der Waals surface area contributed by atoms with Crippen LogP contribution in [0.1, 0.15) is 35.8 Å². The van der Waals surface area contributed by atoms with E-state index in [0.29, 0.717) is 24.1 Å². The molecule has 1 aliphatic rings. The van der Waals surface area contributed by atoms with Crippen LogP contribution in [0.15, 0.2) is 24.5 Å². The second kappa shape index (κ2) is 9.78. The standard InChI is InChI=1S/C16H17ClF3N5O.2ClH/c1-9-7-10(4-6-21-9)24-15(26)11-8-23-25(13(11)16(18,19)20)14-12(17)3-2-5-22-14;;/h2-3,5,8-10,21H,4,6-7H2,1H3,(H,24,26);2*1H. The van der Waals surface area contributed by atoms with Gasteiger partial charge in [0, 0.05) is 18.3 Å². The molecule has 0 radical (unpaired) electrons. The summed E-state index contributed by atoms with van der Waals surface area (Å²) in [7, 11) is 0. The van der Waals surface area contributed by atoms with Gasteiger partial charge in [0.25, 0.3) is 5.91 Å². The molecule has 2 aromatic heterocycles. The smallest absolute Gasteiger partial charge is 0.349 e. The molecule has 156 valence electrons.